The number of hydrogen-bond acceptors (Lipinski definition) is 3. The second-order valence-corrected chi connectivity index (χ2v) is 4.25. The molecule has 19 heavy (non-hydrogen) atoms. The predicted molar refractivity (Wildman–Crippen MR) is 61.6 cm³/mol. The summed E-state index contributed by atoms with van der Waals surface area (Å²) in [4.78, 5) is 10.6. The number of hydrogen-bond donors (Lipinski definition) is 1. The third-order valence-corrected chi connectivity index (χ3v) is 2.95. The van der Waals surface area contributed by atoms with Gasteiger partial charge in [-0.05, 0) is 17.7 Å². The molecule has 0 fully saturated rings. The lowest BCUT2D eigenvalue weighted by Crippen LogP contribution is -2.47. The molecule has 102 valence electrons. The van der Waals surface area contributed by atoms with Gasteiger partial charge in [0.1, 0.15) is 12.4 Å². The Morgan fingerprint density at radius 3 is 2.63 bits per heavy atom. The Labute approximate surface area is 107 Å². The number of benzene rings is 1. The van der Waals surface area contributed by atoms with Crippen molar-refractivity contribution in [1.82, 2.24) is 0 Å². The Bertz CT molecular complexity index is 522. The summed E-state index contributed by atoms with van der Waals surface area (Å²) in [5.74, 6) is 0.440. The molecular formula is C13H11F3O3. The number of aliphatic hydroxyl groups is 1. The molecule has 1 atom stereocenters. The first-order valence-corrected chi connectivity index (χ1v) is 5.54. The van der Waals surface area contributed by atoms with Crippen LogP contribution in [0.15, 0.2) is 30.3 Å². The van der Waals surface area contributed by atoms with Gasteiger partial charge in [-0.3, -0.25) is 4.79 Å². The highest BCUT2D eigenvalue weighted by Gasteiger charge is 2.54. The largest absolute Gasteiger partial charge is 0.489 e. The molecule has 0 bridgehead atoms. The Kier molecular flexibility index (Phi) is 3.36. The SMILES string of the molecule is O=CC(O)(CC1=CCOc2ccccc21)C(F)(F)F. The van der Waals surface area contributed by atoms with Crippen molar-refractivity contribution in [3.8, 4) is 5.75 Å². The minimum atomic E-state index is -5.01. The Morgan fingerprint density at radius 2 is 2.00 bits per heavy atom. The Balaban J connectivity index is 2.34. The highest BCUT2D eigenvalue weighted by molar-refractivity contribution is 5.77. The van der Waals surface area contributed by atoms with Crippen LogP contribution >= 0.6 is 0 Å². The van der Waals surface area contributed by atoms with Crippen molar-refractivity contribution >= 4 is 11.9 Å². The van der Waals surface area contributed by atoms with Crippen LogP contribution in [0.5, 0.6) is 5.75 Å². The topological polar surface area (TPSA) is 46.5 Å². The van der Waals surface area contributed by atoms with E-state index < -0.39 is 24.5 Å². The first-order valence-electron chi connectivity index (χ1n) is 5.54. The molecule has 1 heterocycles. The van der Waals surface area contributed by atoms with Crippen LogP contribution in [0.25, 0.3) is 5.57 Å². The van der Waals surface area contributed by atoms with Crippen LogP contribution in [-0.4, -0.2) is 29.8 Å². The smallest absolute Gasteiger partial charge is 0.424 e. The van der Waals surface area contributed by atoms with Gasteiger partial charge < -0.3 is 9.84 Å². The molecule has 0 spiro atoms. The maximum atomic E-state index is 12.7. The van der Waals surface area contributed by atoms with E-state index >= 15 is 0 Å². The third kappa shape index (κ3) is 2.49. The summed E-state index contributed by atoms with van der Waals surface area (Å²) >= 11 is 0. The minimum Gasteiger partial charge on any atom is -0.489 e. The maximum Gasteiger partial charge on any atom is 0.424 e. The zero-order valence-electron chi connectivity index (χ0n) is 9.78. The van der Waals surface area contributed by atoms with Crippen molar-refractivity contribution in [2.45, 2.75) is 18.2 Å². The molecule has 3 nitrogen and oxygen atoms in total. The van der Waals surface area contributed by atoms with Gasteiger partial charge in [-0.15, -0.1) is 0 Å². The van der Waals surface area contributed by atoms with Crippen molar-refractivity contribution in [3.63, 3.8) is 0 Å². The highest BCUT2D eigenvalue weighted by Crippen LogP contribution is 2.39. The second-order valence-electron chi connectivity index (χ2n) is 4.25. The van der Waals surface area contributed by atoms with E-state index in [2.05, 4.69) is 0 Å². The van der Waals surface area contributed by atoms with Crippen LogP contribution in [0.2, 0.25) is 0 Å². The quantitative estimate of drug-likeness (QED) is 0.859. The molecule has 2 rings (SSSR count). The molecule has 0 aromatic heterocycles. The van der Waals surface area contributed by atoms with Crippen molar-refractivity contribution in [3.05, 3.63) is 35.9 Å². The van der Waals surface area contributed by atoms with Gasteiger partial charge in [0.05, 0.1) is 0 Å². The molecule has 6 heteroatoms. The van der Waals surface area contributed by atoms with Crippen LogP contribution in [0.3, 0.4) is 0 Å². The molecule has 0 radical (unpaired) electrons. The summed E-state index contributed by atoms with van der Waals surface area (Å²) in [5.41, 5.74) is -2.67. The monoisotopic (exact) mass is 272 g/mol. The first kappa shape index (κ1) is 13.6. The molecule has 0 saturated heterocycles. The van der Waals surface area contributed by atoms with Crippen LogP contribution in [0.4, 0.5) is 13.2 Å². The number of carbonyl (C=O) groups is 1. The number of para-hydroxylation sites is 1. The third-order valence-electron chi connectivity index (χ3n) is 2.95. The molecule has 0 saturated carbocycles. The van der Waals surface area contributed by atoms with E-state index in [1.54, 1.807) is 24.3 Å². The number of halogens is 3. The number of fused-ring (bicyclic) bond motifs is 1. The molecular weight excluding hydrogens is 261 g/mol. The summed E-state index contributed by atoms with van der Waals surface area (Å²) in [6.07, 6.45) is -4.86. The number of alkyl halides is 3. The lowest BCUT2D eigenvalue weighted by Gasteiger charge is -2.28. The van der Waals surface area contributed by atoms with E-state index in [0.717, 1.165) is 0 Å². The standard InChI is InChI=1S/C13H11F3O3/c14-13(15,16)12(18,8-17)7-9-5-6-19-11-4-2-1-3-10(9)11/h1-5,8,18H,6-7H2. The fourth-order valence-corrected chi connectivity index (χ4v) is 1.87. The number of ether oxygens (including phenoxy) is 1. The van der Waals surface area contributed by atoms with Gasteiger partial charge in [0.25, 0.3) is 0 Å². The zero-order chi connectivity index (χ0) is 14.1. The van der Waals surface area contributed by atoms with E-state index in [1.807, 2.05) is 0 Å². The Hall–Kier alpha value is -1.82. The van der Waals surface area contributed by atoms with Crippen LogP contribution in [0.1, 0.15) is 12.0 Å². The molecule has 1 aromatic carbocycles. The molecule has 1 aliphatic heterocycles. The fourth-order valence-electron chi connectivity index (χ4n) is 1.87. The highest BCUT2D eigenvalue weighted by atomic mass is 19.4. The van der Waals surface area contributed by atoms with E-state index in [9.17, 15) is 23.1 Å². The van der Waals surface area contributed by atoms with Gasteiger partial charge in [-0.25, -0.2) is 0 Å². The molecule has 0 amide bonds. The number of carbonyl (C=O) groups excluding carboxylic acids is 1. The summed E-state index contributed by atoms with van der Waals surface area (Å²) in [6, 6.07) is 6.55. The summed E-state index contributed by atoms with van der Waals surface area (Å²) < 4.78 is 43.3. The number of rotatable bonds is 3. The molecule has 1 unspecified atom stereocenters. The van der Waals surface area contributed by atoms with E-state index in [1.165, 1.54) is 6.08 Å². The van der Waals surface area contributed by atoms with Crippen LogP contribution in [-0.2, 0) is 4.79 Å². The Morgan fingerprint density at radius 1 is 1.32 bits per heavy atom. The maximum absolute atomic E-state index is 12.7. The molecule has 1 aliphatic rings. The van der Waals surface area contributed by atoms with Gasteiger partial charge in [-0.2, -0.15) is 13.2 Å². The summed E-state index contributed by atoms with van der Waals surface area (Å²) in [5, 5.41) is 9.46. The second kappa shape index (κ2) is 4.70. The van der Waals surface area contributed by atoms with Crippen molar-refractivity contribution in [2.24, 2.45) is 0 Å². The minimum absolute atomic E-state index is 0.110. The fraction of sp³-hybridized carbons (Fsp3) is 0.308. The molecule has 0 aliphatic carbocycles. The van der Waals surface area contributed by atoms with Crippen molar-refractivity contribution < 1.29 is 27.8 Å². The van der Waals surface area contributed by atoms with Gasteiger partial charge in [0.2, 0.25) is 5.60 Å². The average Bonchev–Trinajstić information content (AvgIpc) is 2.38. The zero-order valence-corrected chi connectivity index (χ0v) is 9.78. The molecule has 1 N–H and O–H groups in total. The lowest BCUT2D eigenvalue weighted by molar-refractivity contribution is -0.242. The van der Waals surface area contributed by atoms with E-state index in [4.69, 9.17) is 4.74 Å². The normalized spacial score (nSPS) is 17.8. The van der Waals surface area contributed by atoms with Gasteiger partial charge in [0, 0.05) is 12.0 Å². The van der Waals surface area contributed by atoms with Gasteiger partial charge in [0.15, 0.2) is 6.29 Å². The van der Waals surface area contributed by atoms with E-state index in [-0.39, 0.29) is 12.2 Å². The average molecular weight is 272 g/mol. The first-order chi connectivity index (χ1) is 8.87. The van der Waals surface area contributed by atoms with Crippen LogP contribution < -0.4 is 4.74 Å². The van der Waals surface area contributed by atoms with Crippen molar-refractivity contribution in [1.29, 1.82) is 0 Å². The number of aldehydes is 1. The lowest BCUT2D eigenvalue weighted by atomic mass is 9.89. The van der Waals surface area contributed by atoms with Gasteiger partial charge in [-0.1, -0.05) is 18.2 Å². The van der Waals surface area contributed by atoms with Gasteiger partial charge >= 0.3 is 6.18 Å². The van der Waals surface area contributed by atoms with E-state index in [0.29, 0.717) is 11.3 Å². The predicted octanol–water partition coefficient (Wildman–Crippen LogP) is 2.34. The van der Waals surface area contributed by atoms with Crippen molar-refractivity contribution in [2.75, 3.05) is 6.61 Å². The molecule has 1 aromatic rings. The summed E-state index contributed by atoms with van der Waals surface area (Å²) in [7, 11) is 0. The van der Waals surface area contributed by atoms with Crippen LogP contribution in [0, 0.1) is 0 Å². The summed E-state index contributed by atoms with van der Waals surface area (Å²) in [6.45, 7) is 0.110.